The molecule has 1 fully saturated rings. The van der Waals surface area contributed by atoms with Crippen molar-refractivity contribution < 1.29 is 9.13 Å². The van der Waals surface area contributed by atoms with Crippen LogP contribution in [0.3, 0.4) is 0 Å². The van der Waals surface area contributed by atoms with E-state index in [1.807, 2.05) is 13.0 Å². The number of benzene rings is 1. The Hall–Kier alpha value is -1.09. The summed E-state index contributed by atoms with van der Waals surface area (Å²) in [5.74, 6) is 0.764. The molecule has 0 bridgehead atoms. The molecular weight excluding hydrogens is 458 g/mol. The van der Waals surface area contributed by atoms with Crippen LogP contribution >= 0.6 is 24.0 Å². The Bertz CT molecular complexity index is 577. The lowest BCUT2D eigenvalue weighted by atomic mass is 10.1. The van der Waals surface area contributed by atoms with E-state index in [1.165, 1.54) is 19.0 Å². The first-order chi connectivity index (χ1) is 12.7. The molecule has 2 N–H and O–H groups in total. The van der Waals surface area contributed by atoms with Gasteiger partial charge in [0, 0.05) is 25.7 Å². The lowest BCUT2D eigenvalue weighted by Crippen LogP contribution is -2.48. The lowest BCUT2D eigenvalue weighted by molar-refractivity contribution is 0.206. The highest BCUT2D eigenvalue weighted by atomic mass is 127. The molecule has 154 valence electrons. The first-order valence-corrected chi connectivity index (χ1v) is 9.84. The molecule has 0 atom stereocenters. The van der Waals surface area contributed by atoms with Gasteiger partial charge in [0.1, 0.15) is 0 Å². The van der Waals surface area contributed by atoms with Crippen LogP contribution in [0.4, 0.5) is 4.39 Å². The fourth-order valence-electron chi connectivity index (χ4n) is 3.22. The maximum Gasteiger partial charge on any atom is 0.191 e. The third-order valence-electron chi connectivity index (χ3n) is 4.53. The van der Waals surface area contributed by atoms with Crippen LogP contribution in [0.25, 0.3) is 0 Å². The molecule has 0 radical (unpaired) electrons. The Balaban J connectivity index is 0.00000364. The number of hydrogen-bond donors (Lipinski definition) is 2. The van der Waals surface area contributed by atoms with E-state index in [1.54, 1.807) is 6.07 Å². The molecule has 0 spiro atoms. The summed E-state index contributed by atoms with van der Waals surface area (Å²) in [5, 5.41) is 6.82. The normalized spacial score (nSPS) is 15.9. The number of guanidine groups is 1. The molecule has 0 aliphatic carbocycles. The second kappa shape index (κ2) is 13.1. The maximum absolute atomic E-state index is 14.0. The van der Waals surface area contributed by atoms with E-state index in [0.29, 0.717) is 24.9 Å². The number of nitrogens with one attached hydrogen (secondary N) is 2. The first-order valence-electron chi connectivity index (χ1n) is 9.84. The van der Waals surface area contributed by atoms with Gasteiger partial charge in [-0.15, -0.1) is 24.0 Å². The van der Waals surface area contributed by atoms with Gasteiger partial charge >= 0.3 is 0 Å². The third kappa shape index (κ3) is 8.21. The predicted molar refractivity (Wildman–Crippen MR) is 121 cm³/mol. The highest BCUT2D eigenvalue weighted by Gasteiger charge is 2.19. The maximum atomic E-state index is 14.0. The Kier molecular flexibility index (Phi) is 11.7. The van der Waals surface area contributed by atoms with Crippen molar-refractivity contribution in [1.29, 1.82) is 0 Å². The molecule has 1 aliphatic rings. The van der Waals surface area contributed by atoms with Crippen molar-refractivity contribution in [3.05, 3.63) is 29.6 Å². The molecule has 27 heavy (non-hydrogen) atoms. The zero-order valence-electron chi connectivity index (χ0n) is 16.8. The predicted octanol–water partition coefficient (Wildman–Crippen LogP) is 3.77. The summed E-state index contributed by atoms with van der Waals surface area (Å²) in [6.45, 7) is 11.3. The van der Waals surface area contributed by atoms with Crippen molar-refractivity contribution in [2.24, 2.45) is 4.99 Å². The molecule has 1 saturated heterocycles. The fourth-order valence-corrected chi connectivity index (χ4v) is 3.22. The highest BCUT2D eigenvalue weighted by Crippen LogP contribution is 2.18. The molecule has 1 aromatic rings. The van der Waals surface area contributed by atoms with Crippen LogP contribution in [-0.4, -0.2) is 49.7 Å². The van der Waals surface area contributed by atoms with Gasteiger partial charge in [-0.3, -0.25) is 0 Å². The molecular formula is C20H34FIN4O. The molecule has 5 nitrogen and oxygen atoms in total. The fraction of sp³-hybridized carbons (Fsp3) is 0.650. The van der Waals surface area contributed by atoms with Crippen molar-refractivity contribution in [1.82, 2.24) is 15.5 Å². The topological polar surface area (TPSA) is 48.9 Å². The van der Waals surface area contributed by atoms with E-state index in [0.717, 1.165) is 44.0 Å². The highest BCUT2D eigenvalue weighted by molar-refractivity contribution is 14.0. The minimum atomic E-state index is -0.333. The van der Waals surface area contributed by atoms with Gasteiger partial charge in [-0.2, -0.15) is 0 Å². The van der Waals surface area contributed by atoms with Crippen LogP contribution in [0.2, 0.25) is 0 Å². The molecule has 0 amide bonds. The number of halogens is 2. The van der Waals surface area contributed by atoms with E-state index >= 15 is 0 Å². The molecule has 0 aromatic heterocycles. The van der Waals surface area contributed by atoms with Crippen LogP contribution in [0.1, 0.15) is 45.6 Å². The van der Waals surface area contributed by atoms with Crippen molar-refractivity contribution in [3.63, 3.8) is 0 Å². The van der Waals surface area contributed by atoms with Gasteiger partial charge in [0.2, 0.25) is 0 Å². The van der Waals surface area contributed by atoms with E-state index in [9.17, 15) is 4.39 Å². The summed E-state index contributed by atoms with van der Waals surface area (Å²) >= 11 is 0. The van der Waals surface area contributed by atoms with Crippen LogP contribution in [0.15, 0.2) is 23.2 Å². The van der Waals surface area contributed by atoms with Gasteiger partial charge in [0.15, 0.2) is 17.5 Å². The van der Waals surface area contributed by atoms with Crippen molar-refractivity contribution in [3.8, 4) is 5.75 Å². The van der Waals surface area contributed by atoms with Crippen LogP contribution < -0.4 is 15.4 Å². The van der Waals surface area contributed by atoms with Gasteiger partial charge in [0.05, 0.1) is 13.2 Å². The van der Waals surface area contributed by atoms with Gasteiger partial charge in [-0.1, -0.05) is 13.0 Å². The average Bonchev–Trinajstić information content (AvgIpc) is 2.64. The van der Waals surface area contributed by atoms with E-state index in [-0.39, 0.29) is 29.8 Å². The standard InChI is InChI=1S/C20H33FN4O.HI/c1-4-11-25-12-9-17(10-13-25)24-20(22-5-2)23-15-16-7-8-19(26-6-3)18(21)14-16;/h7-8,14,17H,4-6,9-13,15H2,1-3H3,(H2,22,23,24);1H. The average molecular weight is 492 g/mol. The number of likely N-dealkylation sites (tertiary alicyclic amines) is 1. The molecule has 1 aromatic carbocycles. The van der Waals surface area contributed by atoms with E-state index < -0.39 is 0 Å². The number of piperidine rings is 1. The monoisotopic (exact) mass is 492 g/mol. The quantitative estimate of drug-likeness (QED) is 0.330. The molecule has 1 heterocycles. The van der Waals surface area contributed by atoms with E-state index in [4.69, 9.17) is 4.74 Å². The second-order valence-electron chi connectivity index (χ2n) is 6.65. The molecule has 0 unspecified atom stereocenters. The van der Waals surface area contributed by atoms with Crippen LogP contribution in [-0.2, 0) is 6.54 Å². The Morgan fingerprint density at radius 2 is 2.00 bits per heavy atom. The lowest BCUT2D eigenvalue weighted by Gasteiger charge is -2.32. The Labute approximate surface area is 180 Å². The minimum absolute atomic E-state index is 0. The minimum Gasteiger partial charge on any atom is -0.491 e. The molecule has 7 heteroatoms. The Morgan fingerprint density at radius 1 is 1.26 bits per heavy atom. The van der Waals surface area contributed by atoms with Crippen molar-refractivity contribution in [2.45, 2.75) is 52.6 Å². The number of rotatable bonds is 8. The number of nitrogens with zero attached hydrogens (tertiary/aromatic N) is 2. The second-order valence-corrected chi connectivity index (χ2v) is 6.65. The van der Waals surface area contributed by atoms with Gasteiger partial charge in [-0.25, -0.2) is 9.38 Å². The van der Waals surface area contributed by atoms with Gasteiger partial charge in [0.25, 0.3) is 0 Å². The summed E-state index contributed by atoms with van der Waals surface area (Å²) < 4.78 is 19.2. The molecule has 2 rings (SSSR count). The first kappa shape index (κ1) is 23.9. The molecule has 1 aliphatic heterocycles. The van der Waals surface area contributed by atoms with Crippen LogP contribution in [0.5, 0.6) is 5.75 Å². The summed E-state index contributed by atoms with van der Waals surface area (Å²) in [7, 11) is 0. The van der Waals surface area contributed by atoms with Crippen molar-refractivity contribution >= 4 is 29.9 Å². The van der Waals surface area contributed by atoms with Gasteiger partial charge < -0.3 is 20.3 Å². The zero-order chi connectivity index (χ0) is 18.8. The number of aliphatic imine (C=N–C) groups is 1. The SMILES string of the molecule is CCCN1CCC(NC(=NCc2ccc(OCC)c(F)c2)NCC)CC1.I. The number of ether oxygens (including phenoxy) is 1. The van der Waals surface area contributed by atoms with E-state index in [2.05, 4.69) is 34.4 Å². The largest absolute Gasteiger partial charge is 0.491 e. The third-order valence-corrected chi connectivity index (χ3v) is 4.53. The number of hydrogen-bond acceptors (Lipinski definition) is 3. The summed E-state index contributed by atoms with van der Waals surface area (Å²) in [6, 6.07) is 5.48. The smallest absolute Gasteiger partial charge is 0.191 e. The molecule has 0 saturated carbocycles. The summed E-state index contributed by atoms with van der Waals surface area (Å²) in [4.78, 5) is 7.14. The van der Waals surface area contributed by atoms with Crippen molar-refractivity contribution in [2.75, 3.05) is 32.8 Å². The van der Waals surface area contributed by atoms with Gasteiger partial charge in [-0.05, 0) is 57.4 Å². The Morgan fingerprint density at radius 3 is 2.59 bits per heavy atom. The summed E-state index contributed by atoms with van der Waals surface area (Å²) in [6.07, 6.45) is 3.46. The summed E-state index contributed by atoms with van der Waals surface area (Å²) in [5.41, 5.74) is 0.834. The van der Waals surface area contributed by atoms with Crippen LogP contribution in [0, 0.1) is 5.82 Å². The zero-order valence-corrected chi connectivity index (χ0v) is 19.1.